The van der Waals surface area contributed by atoms with Crippen molar-refractivity contribution < 1.29 is 8.85 Å². The lowest BCUT2D eigenvalue weighted by molar-refractivity contribution is 0.277. The van der Waals surface area contributed by atoms with Crippen LogP contribution < -0.4 is 0 Å². The molecule has 0 N–H and O–H groups in total. The first-order valence-electron chi connectivity index (χ1n) is 2.90. The Morgan fingerprint density at radius 2 is 1.67 bits per heavy atom. The number of rotatable bonds is 4. The van der Waals surface area contributed by atoms with E-state index >= 15 is 0 Å². The van der Waals surface area contributed by atoms with Gasteiger partial charge in [-0.2, -0.15) is 0 Å². The normalized spacial score (nSPS) is 9.33. The molecule has 0 heterocycles. The molecule has 4 heteroatoms. The highest BCUT2D eigenvalue weighted by atomic mass is 28.3. The van der Waals surface area contributed by atoms with Gasteiger partial charge in [0.2, 0.25) is 0 Å². The molecule has 0 saturated carbocycles. The van der Waals surface area contributed by atoms with Gasteiger partial charge >= 0.3 is 9.28 Å². The molecule has 0 radical (unpaired) electrons. The van der Waals surface area contributed by atoms with Gasteiger partial charge in [-0.25, -0.2) is 0 Å². The molecule has 58 valence electrons. The zero-order valence-corrected chi connectivity index (χ0v) is 6.96. The highest BCUT2D eigenvalue weighted by molar-refractivity contribution is 6.44. The van der Waals surface area contributed by atoms with Crippen molar-refractivity contribution in [3.63, 3.8) is 0 Å². The van der Waals surface area contributed by atoms with E-state index in [1.54, 1.807) is 14.2 Å². The summed E-state index contributed by atoms with van der Waals surface area (Å²) >= 11 is 0. The topological polar surface area (TPSA) is 18.5 Å². The predicted octanol–water partition coefficient (Wildman–Crippen LogP) is -0.542. The third-order valence-electron chi connectivity index (χ3n) is 1.05. The van der Waals surface area contributed by atoms with E-state index in [-0.39, 0.29) is 11.0 Å². The Balaban J connectivity index is 0. The summed E-state index contributed by atoms with van der Waals surface area (Å²) in [7, 11) is 2.24. The van der Waals surface area contributed by atoms with Crippen molar-refractivity contribution in [2.75, 3.05) is 14.2 Å². The Bertz CT molecular complexity index is 48.2. The van der Waals surface area contributed by atoms with Gasteiger partial charge in [-0.05, 0) is 17.0 Å². The molecule has 0 saturated heterocycles. The minimum atomic E-state index is -1.19. The molecule has 0 amide bonds. The fourth-order valence-corrected chi connectivity index (χ4v) is 1.70. The van der Waals surface area contributed by atoms with Crippen LogP contribution in [0.15, 0.2) is 0 Å². The van der Waals surface area contributed by atoms with Gasteiger partial charge in [-0.1, -0.05) is 13.3 Å². The standard InChI is InChI=1S/C5H14O2Si.H4Si/c1-4-5-8(6-2)7-3;/h8H,4-5H2,1-3H3;1H4. The summed E-state index contributed by atoms with van der Waals surface area (Å²) in [6.07, 6.45) is 1.17. The fraction of sp³-hybridized carbons (Fsp3) is 1.00. The zero-order valence-electron chi connectivity index (χ0n) is 5.81. The van der Waals surface area contributed by atoms with Crippen LogP contribution in [0.1, 0.15) is 13.3 Å². The van der Waals surface area contributed by atoms with E-state index in [4.69, 9.17) is 8.85 Å². The smallest absolute Gasteiger partial charge is 0.320 e. The lowest BCUT2D eigenvalue weighted by atomic mass is 10.6. The van der Waals surface area contributed by atoms with E-state index in [0.29, 0.717) is 0 Å². The van der Waals surface area contributed by atoms with Crippen molar-refractivity contribution in [2.45, 2.75) is 19.4 Å². The van der Waals surface area contributed by atoms with Crippen molar-refractivity contribution >= 4 is 20.2 Å². The fourth-order valence-electron chi connectivity index (χ4n) is 0.568. The molecule has 0 aliphatic rings. The molecule has 0 aromatic heterocycles. The minimum Gasteiger partial charge on any atom is -0.400 e. The molecule has 9 heavy (non-hydrogen) atoms. The van der Waals surface area contributed by atoms with Gasteiger partial charge in [0.05, 0.1) is 0 Å². The second-order valence-corrected chi connectivity index (χ2v) is 4.07. The van der Waals surface area contributed by atoms with E-state index in [9.17, 15) is 0 Å². The average molecular weight is 166 g/mol. The Morgan fingerprint density at radius 3 is 1.78 bits per heavy atom. The SMILES string of the molecule is CCC[SiH](OC)OC.[SiH4]. The van der Waals surface area contributed by atoms with Gasteiger partial charge in [0, 0.05) is 14.2 Å². The van der Waals surface area contributed by atoms with Crippen molar-refractivity contribution in [2.24, 2.45) is 0 Å². The van der Waals surface area contributed by atoms with Gasteiger partial charge in [0.15, 0.2) is 0 Å². The van der Waals surface area contributed by atoms with Crippen molar-refractivity contribution in [1.82, 2.24) is 0 Å². The molecule has 0 bridgehead atoms. The molecule has 0 aromatic carbocycles. The highest BCUT2D eigenvalue weighted by Crippen LogP contribution is 1.96. The Labute approximate surface area is 63.4 Å². The number of hydrogen-bond acceptors (Lipinski definition) is 2. The lowest BCUT2D eigenvalue weighted by Gasteiger charge is -2.07. The van der Waals surface area contributed by atoms with Crippen LogP contribution in [0.2, 0.25) is 6.04 Å². The van der Waals surface area contributed by atoms with E-state index in [0.717, 1.165) is 6.04 Å². The second kappa shape index (κ2) is 8.35. The Hall–Kier alpha value is 0.354. The summed E-state index contributed by atoms with van der Waals surface area (Å²) in [5.74, 6) is 0. The third kappa shape index (κ3) is 6.24. The molecular weight excluding hydrogens is 148 g/mol. The molecule has 2 nitrogen and oxygen atoms in total. The van der Waals surface area contributed by atoms with Gasteiger partial charge in [0.25, 0.3) is 0 Å². The summed E-state index contributed by atoms with van der Waals surface area (Å²) in [6.45, 7) is 2.14. The van der Waals surface area contributed by atoms with Crippen molar-refractivity contribution in [3.05, 3.63) is 0 Å². The van der Waals surface area contributed by atoms with Crippen LogP contribution in [0.3, 0.4) is 0 Å². The van der Waals surface area contributed by atoms with Crippen molar-refractivity contribution in [3.8, 4) is 0 Å². The van der Waals surface area contributed by atoms with Crippen LogP contribution in [0.25, 0.3) is 0 Å². The first kappa shape index (κ1) is 12.1. The van der Waals surface area contributed by atoms with E-state index in [2.05, 4.69) is 6.92 Å². The monoisotopic (exact) mass is 166 g/mol. The van der Waals surface area contributed by atoms with Crippen molar-refractivity contribution in [1.29, 1.82) is 0 Å². The summed E-state index contributed by atoms with van der Waals surface area (Å²) in [4.78, 5) is 0. The molecule has 0 aromatic rings. The molecule has 0 unspecified atom stereocenters. The van der Waals surface area contributed by atoms with Crippen LogP contribution in [0.5, 0.6) is 0 Å². The second-order valence-electron chi connectivity index (χ2n) is 1.69. The highest BCUT2D eigenvalue weighted by Gasteiger charge is 2.05. The van der Waals surface area contributed by atoms with Gasteiger partial charge in [-0.3, -0.25) is 0 Å². The maximum atomic E-state index is 5.06. The summed E-state index contributed by atoms with van der Waals surface area (Å²) in [5.41, 5.74) is 0. The predicted molar refractivity (Wildman–Crippen MR) is 47.6 cm³/mol. The quantitative estimate of drug-likeness (QED) is 0.522. The summed E-state index contributed by atoms with van der Waals surface area (Å²) in [6, 6.07) is 1.12. The summed E-state index contributed by atoms with van der Waals surface area (Å²) in [5, 5.41) is 0. The average Bonchev–Trinajstić information content (AvgIpc) is 1.83. The first-order chi connectivity index (χ1) is 3.85. The van der Waals surface area contributed by atoms with E-state index < -0.39 is 9.28 Å². The molecular formula is C5H18O2Si2. The molecule has 0 spiro atoms. The largest absolute Gasteiger partial charge is 0.400 e. The van der Waals surface area contributed by atoms with Crippen LogP contribution >= 0.6 is 0 Å². The minimum absolute atomic E-state index is 0. The third-order valence-corrected chi connectivity index (χ3v) is 3.15. The first-order valence-corrected chi connectivity index (χ1v) is 4.66. The Morgan fingerprint density at radius 1 is 1.22 bits per heavy atom. The van der Waals surface area contributed by atoms with E-state index in [1.165, 1.54) is 6.42 Å². The Kier molecular flexibility index (Phi) is 11.2. The molecule has 0 aliphatic heterocycles. The number of hydrogen-bond donors (Lipinski definition) is 0. The molecule has 0 rings (SSSR count). The van der Waals surface area contributed by atoms with Gasteiger partial charge in [-0.15, -0.1) is 0 Å². The summed E-state index contributed by atoms with van der Waals surface area (Å²) < 4.78 is 10.1. The van der Waals surface area contributed by atoms with Gasteiger partial charge in [0.1, 0.15) is 0 Å². The van der Waals surface area contributed by atoms with Crippen LogP contribution in [0.4, 0.5) is 0 Å². The molecule has 0 atom stereocenters. The van der Waals surface area contributed by atoms with Crippen LogP contribution in [-0.2, 0) is 8.85 Å². The van der Waals surface area contributed by atoms with Crippen LogP contribution in [-0.4, -0.2) is 34.5 Å². The van der Waals surface area contributed by atoms with Gasteiger partial charge < -0.3 is 8.85 Å². The maximum Gasteiger partial charge on any atom is 0.320 e. The molecule has 0 fully saturated rings. The maximum absolute atomic E-state index is 5.06. The zero-order chi connectivity index (χ0) is 6.41. The van der Waals surface area contributed by atoms with Crippen LogP contribution in [0, 0.1) is 0 Å². The van der Waals surface area contributed by atoms with E-state index in [1.807, 2.05) is 0 Å². The lowest BCUT2D eigenvalue weighted by Crippen LogP contribution is -2.17. The molecule has 0 aliphatic carbocycles.